The van der Waals surface area contributed by atoms with Crippen LogP contribution in [-0.4, -0.2) is 29.8 Å². The Hall–Kier alpha value is -2.63. The van der Waals surface area contributed by atoms with E-state index >= 15 is 0 Å². The highest BCUT2D eigenvalue weighted by molar-refractivity contribution is 6.71. The van der Waals surface area contributed by atoms with Crippen LogP contribution in [0.5, 0.6) is 0 Å². The minimum absolute atomic E-state index is 0.244. The third kappa shape index (κ3) is 1.95. The first-order valence-electron chi connectivity index (χ1n) is 5.42. The number of hydrogen-bond donors (Lipinski definition) is 1. The smallest absolute Gasteiger partial charge is 0.280 e. The van der Waals surface area contributed by atoms with Gasteiger partial charge in [0, 0.05) is 0 Å². The van der Waals surface area contributed by atoms with Crippen LogP contribution in [-0.2, 0) is 11.3 Å². The molecule has 0 aromatic heterocycles. The normalized spacial score (nSPS) is 19.3. The molecule has 0 fully saturated rings. The van der Waals surface area contributed by atoms with Crippen LogP contribution in [0.15, 0.2) is 50.3 Å². The summed E-state index contributed by atoms with van der Waals surface area (Å²) in [5.74, 6) is 0.284. The molecule has 3 rings (SSSR count). The lowest BCUT2D eigenvalue weighted by molar-refractivity contribution is -0.113. The molecule has 1 N–H and O–H groups in total. The summed E-state index contributed by atoms with van der Waals surface area (Å²) in [6, 6.07) is 9.74. The van der Waals surface area contributed by atoms with Crippen LogP contribution in [0, 0.1) is 0 Å². The predicted molar refractivity (Wildman–Crippen MR) is 69.1 cm³/mol. The zero-order chi connectivity index (χ0) is 12.4. The van der Waals surface area contributed by atoms with E-state index in [-0.39, 0.29) is 17.6 Å². The van der Waals surface area contributed by atoms with Crippen molar-refractivity contribution in [3.05, 3.63) is 35.9 Å². The van der Waals surface area contributed by atoms with Crippen LogP contribution in [0.1, 0.15) is 5.56 Å². The molecule has 0 bridgehead atoms. The number of guanidine groups is 1. The third-order valence-electron chi connectivity index (χ3n) is 2.49. The topological polar surface area (TPSA) is 78.5 Å². The van der Waals surface area contributed by atoms with E-state index in [9.17, 15) is 4.79 Å². The summed E-state index contributed by atoms with van der Waals surface area (Å²) in [7, 11) is 0. The number of benzene rings is 1. The van der Waals surface area contributed by atoms with Gasteiger partial charge >= 0.3 is 0 Å². The van der Waals surface area contributed by atoms with Crippen molar-refractivity contribution in [3.63, 3.8) is 0 Å². The molecule has 0 spiro atoms. The Kier molecular flexibility index (Phi) is 2.53. The average Bonchev–Trinajstić information content (AvgIpc) is 2.86. The Morgan fingerprint density at radius 1 is 1.22 bits per heavy atom. The molecule has 0 saturated heterocycles. The van der Waals surface area contributed by atoms with Gasteiger partial charge in [-0.05, 0) is 5.56 Å². The van der Waals surface area contributed by atoms with Gasteiger partial charge < -0.3 is 0 Å². The monoisotopic (exact) mass is 239 g/mol. The molecule has 1 aromatic rings. The maximum Gasteiger partial charge on any atom is 0.280 e. The zero-order valence-electron chi connectivity index (χ0n) is 9.37. The van der Waals surface area contributed by atoms with Gasteiger partial charge in [0.05, 0.1) is 6.54 Å². The lowest BCUT2D eigenvalue weighted by Crippen LogP contribution is -2.42. The SMILES string of the molecule is O=C1NC(=NCc2ccccc2)N=C2N=CN=C12. The summed E-state index contributed by atoms with van der Waals surface area (Å²) < 4.78 is 0. The first kappa shape index (κ1) is 10.5. The van der Waals surface area contributed by atoms with Crippen molar-refractivity contribution in [2.24, 2.45) is 20.0 Å². The fourth-order valence-corrected chi connectivity index (χ4v) is 1.62. The molecule has 18 heavy (non-hydrogen) atoms. The van der Waals surface area contributed by atoms with Crippen LogP contribution in [0.3, 0.4) is 0 Å². The lowest BCUT2D eigenvalue weighted by atomic mass is 10.2. The molecule has 2 heterocycles. The van der Waals surface area contributed by atoms with Gasteiger partial charge in [-0.25, -0.2) is 15.0 Å². The maximum absolute atomic E-state index is 11.6. The van der Waals surface area contributed by atoms with Crippen LogP contribution in [0.2, 0.25) is 0 Å². The molecular formula is C12H9N5O. The Bertz CT molecular complexity index is 613. The van der Waals surface area contributed by atoms with Gasteiger partial charge in [0.2, 0.25) is 5.96 Å². The van der Waals surface area contributed by atoms with E-state index in [1.54, 1.807) is 0 Å². The third-order valence-corrected chi connectivity index (χ3v) is 2.49. The number of hydrogen-bond acceptors (Lipinski definition) is 4. The molecular weight excluding hydrogens is 230 g/mol. The van der Waals surface area contributed by atoms with E-state index in [0.29, 0.717) is 12.4 Å². The fourth-order valence-electron chi connectivity index (χ4n) is 1.62. The second kappa shape index (κ2) is 4.33. The largest absolute Gasteiger partial charge is 0.289 e. The van der Waals surface area contributed by atoms with Gasteiger partial charge in [-0.2, -0.15) is 4.99 Å². The van der Waals surface area contributed by atoms with Crippen LogP contribution in [0.4, 0.5) is 0 Å². The fraction of sp³-hybridized carbons (Fsp3) is 0.0833. The van der Waals surface area contributed by atoms with Crippen molar-refractivity contribution >= 4 is 29.8 Å². The molecule has 2 aliphatic heterocycles. The van der Waals surface area contributed by atoms with Crippen LogP contribution >= 0.6 is 0 Å². The summed E-state index contributed by atoms with van der Waals surface area (Å²) in [5.41, 5.74) is 1.29. The number of rotatable bonds is 2. The number of amidine groups is 1. The van der Waals surface area contributed by atoms with E-state index in [1.807, 2.05) is 30.3 Å². The van der Waals surface area contributed by atoms with Crippen molar-refractivity contribution < 1.29 is 4.79 Å². The summed E-state index contributed by atoms with van der Waals surface area (Å²) >= 11 is 0. The van der Waals surface area contributed by atoms with E-state index in [2.05, 4.69) is 25.3 Å². The number of nitrogens with one attached hydrogen (secondary N) is 1. The summed E-state index contributed by atoms with van der Waals surface area (Å²) in [6.45, 7) is 0.462. The minimum Gasteiger partial charge on any atom is -0.289 e. The van der Waals surface area contributed by atoms with E-state index in [1.165, 1.54) is 6.34 Å². The molecule has 1 amide bonds. The molecule has 2 aliphatic rings. The van der Waals surface area contributed by atoms with Crippen molar-refractivity contribution in [2.75, 3.05) is 0 Å². The maximum atomic E-state index is 11.6. The number of aliphatic imine (C=N–C) groups is 4. The number of amides is 1. The predicted octanol–water partition coefficient (Wildman–Crippen LogP) is 0.554. The standard InChI is InChI=1S/C12H9N5O/c18-11-9-10(15-7-14-9)16-12(17-11)13-6-8-4-2-1-3-5-8/h1-5,7H,6H2,(H,13,17,18). The van der Waals surface area contributed by atoms with Crippen LogP contribution < -0.4 is 5.32 Å². The van der Waals surface area contributed by atoms with Gasteiger partial charge in [-0.1, -0.05) is 30.3 Å². The number of fused-ring (bicyclic) bond motifs is 1. The quantitative estimate of drug-likeness (QED) is 0.803. The highest BCUT2D eigenvalue weighted by Crippen LogP contribution is 2.04. The number of carbonyl (C=O) groups is 1. The van der Waals surface area contributed by atoms with Gasteiger partial charge in [0.25, 0.3) is 5.91 Å². The van der Waals surface area contributed by atoms with Gasteiger partial charge in [-0.3, -0.25) is 10.1 Å². The second-order valence-electron chi connectivity index (χ2n) is 3.74. The second-order valence-corrected chi connectivity index (χ2v) is 3.74. The summed E-state index contributed by atoms with van der Waals surface area (Å²) in [6.07, 6.45) is 1.31. The molecule has 6 heteroatoms. The number of carbonyl (C=O) groups excluding carboxylic acids is 1. The molecule has 0 saturated carbocycles. The lowest BCUT2D eigenvalue weighted by Gasteiger charge is -2.10. The Balaban J connectivity index is 1.82. The minimum atomic E-state index is -0.315. The van der Waals surface area contributed by atoms with Gasteiger partial charge in [0.15, 0.2) is 11.5 Å². The van der Waals surface area contributed by atoms with E-state index in [4.69, 9.17) is 0 Å². The molecule has 1 aromatic carbocycles. The Labute approximate surface area is 103 Å². The first-order valence-corrected chi connectivity index (χ1v) is 5.42. The summed E-state index contributed by atoms with van der Waals surface area (Å²) in [4.78, 5) is 27.7. The molecule has 0 unspecified atom stereocenters. The van der Waals surface area contributed by atoms with Crippen molar-refractivity contribution in [1.82, 2.24) is 5.32 Å². The zero-order valence-corrected chi connectivity index (χ0v) is 9.37. The Morgan fingerprint density at radius 2 is 2.06 bits per heavy atom. The highest BCUT2D eigenvalue weighted by atomic mass is 16.2. The molecule has 88 valence electrons. The van der Waals surface area contributed by atoms with Crippen molar-refractivity contribution in [1.29, 1.82) is 0 Å². The molecule has 6 nitrogen and oxygen atoms in total. The van der Waals surface area contributed by atoms with Crippen molar-refractivity contribution in [2.45, 2.75) is 6.54 Å². The molecule has 0 atom stereocenters. The van der Waals surface area contributed by atoms with Crippen molar-refractivity contribution in [3.8, 4) is 0 Å². The first-order chi connectivity index (χ1) is 8.83. The van der Waals surface area contributed by atoms with E-state index < -0.39 is 0 Å². The Morgan fingerprint density at radius 3 is 2.89 bits per heavy atom. The van der Waals surface area contributed by atoms with Gasteiger partial charge in [0.1, 0.15) is 6.34 Å². The molecule has 0 radical (unpaired) electrons. The highest BCUT2D eigenvalue weighted by Gasteiger charge is 2.26. The average molecular weight is 239 g/mol. The summed E-state index contributed by atoms with van der Waals surface area (Å²) in [5, 5.41) is 2.57. The number of nitrogens with zero attached hydrogens (tertiary/aromatic N) is 4. The van der Waals surface area contributed by atoms with Crippen LogP contribution in [0.25, 0.3) is 0 Å². The van der Waals surface area contributed by atoms with E-state index in [0.717, 1.165) is 5.56 Å². The molecule has 0 aliphatic carbocycles. The van der Waals surface area contributed by atoms with Gasteiger partial charge in [-0.15, -0.1) is 0 Å².